The number of thiol groups is 1. The predicted octanol–water partition coefficient (Wildman–Crippen LogP) is 0.544. The third-order valence-electron chi connectivity index (χ3n) is 2.27. The molecule has 0 spiro atoms. The third kappa shape index (κ3) is 1.89. The Balaban J connectivity index is 3.23. The van der Waals surface area contributed by atoms with Crippen molar-refractivity contribution in [2.24, 2.45) is 0 Å². The standard InChI is InChI=1S/C8H14N4OS/c1-3-5(4-2)6-7(13)12(9)8(14)11-10-6/h5H,3-4,9H2,1-2H3,(H,11,14). The lowest BCUT2D eigenvalue weighted by Gasteiger charge is -2.10. The summed E-state index contributed by atoms with van der Waals surface area (Å²) < 4.78 is 0.920. The second-order valence-corrected chi connectivity index (χ2v) is 3.47. The lowest BCUT2D eigenvalue weighted by Crippen LogP contribution is -2.34. The Morgan fingerprint density at radius 1 is 1.43 bits per heavy atom. The van der Waals surface area contributed by atoms with Gasteiger partial charge in [-0.25, -0.2) is 0 Å². The van der Waals surface area contributed by atoms with Crippen molar-refractivity contribution in [1.29, 1.82) is 0 Å². The fourth-order valence-electron chi connectivity index (χ4n) is 1.34. The van der Waals surface area contributed by atoms with Crippen LogP contribution in [0.3, 0.4) is 0 Å². The van der Waals surface area contributed by atoms with Crippen molar-refractivity contribution < 1.29 is 0 Å². The lowest BCUT2D eigenvalue weighted by molar-refractivity contribution is 0.567. The number of hydrogen-bond donors (Lipinski definition) is 2. The normalized spacial score (nSPS) is 10.9. The van der Waals surface area contributed by atoms with Gasteiger partial charge in [-0.1, -0.05) is 13.8 Å². The van der Waals surface area contributed by atoms with E-state index in [9.17, 15) is 4.79 Å². The monoisotopic (exact) mass is 214 g/mol. The van der Waals surface area contributed by atoms with Gasteiger partial charge in [0, 0.05) is 5.92 Å². The molecule has 1 aromatic rings. The first-order valence-corrected chi connectivity index (χ1v) is 5.00. The lowest BCUT2D eigenvalue weighted by atomic mass is 10.0. The second-order valence-electron chi connectivity index (χ2n) is 3.07. The molecule has 1 rings (SSSR count). The highest BCUT2D eigenvalue weighted by molar-refractivity contribution is 7.80. The van der Waals surface area contributed by atoms with E-state index in [4.69, 9.17) is 5.84 Å². The van der Waals surface area contributed by atoms with Gasteiger partial charge in [0.05, 0.1) is 0 Å². The SMILES string of the molecule is CCC(CC)c1nnc(S)n(N)c1=O. The number of nitrogen functional groups attached to an aromatic ring is 1. The van der Waals surface area contributed by atoms with Gasteiger partial charge in [0.15, 0.2) is 0 Å². The molecular weight excluding hydrogens is 200 g/mol. The average molecular weight is 214 g/mol. The van der Waals surface area contributed by atoms with Gasteiger partial charge in [0.1, 0.15) is 5.69 Å². The molecule has 0 saturated carbocycles. The smallest absolute Gasteiger partial charge is 0.294 e. The zero-order chi connectivity index (χ0) is 10.7. The Bertz CT molecular complexity index is 372. The van der Waals surface area contributed by atoms with Gasteiger partial charge in [0.25, 0.3) is 5.56 Å². The van der Waals surface area contributed by atoms with Gasteiger partial charge in [-0.3, -0.25) is 4.79 Å². The fraction of sp³-hybridized carbons (Fsp3) is 0.625. The molecule has 0 amide bonds. The minimum atomic E-state index is -0.307. The molecular formula is C8H14N4OS. The fourth-order valence-corrected chi connectivity index (χ4v) is 1.47. The van der Waals surface area contributed by atoms with Crippen molar-refractivity contribution >= 4 is 12.6 Å². The van der Waals surface area contributed by atoms with Crippen LogP contribution in [0.15, 0.2) is 9.95 Å². The van der Waals surface area contributed by atoms with Gasteiger partial charge in [-0.2, -0.15) is 4.68 Å². The molecule has 2 N–H and O–H groups in total. The van der Waals surface area contributed by atoms with Crippen LogP contribution >= 0.6 is 12.6 Å². The number of aromatic nitrogens is 3. The van der Waals surface area contributed by atoms with E-state index in [-0.39, 0.29) is 16.6 Å². The van der Waals surface area contributed by atoms with Gasteiger partial charge in [-0.05, 0) is 12.8 Å². The van der Waals surface area contributed by atoms with Gasteiger partial charge < -0.3 is 5.84 Å². The first kappa shape index (κ1) is 11.0. The van der Waals surface area contributed by atoms with Gasteiger partial charge >= 0.3 is 0 Å². The van der Waals surface area contributed by atoms with E-state index in [0.717, 1.165) is 17.5 Å². The topological polar surface area (TPSA) is 73.8 Å². The first-order valence-electron chi connectivity index (χ1n) is 4.55. The maximum absolute atomic E-state index is 11.6. The highest BCUT2D eigenvalue weighted by Crippen LogP contribution is 2.16. The number of rotatable bonds is 3. The van der Waals surface area contributed by atoms with Crippen LogP contribution in [-0.2, 0) is 0 Å². The Labute approximate surface area is 87.7 Å². The Hall–Kier alpha value is -1.04. The van der Waals surface area contributed by atoms with Crippen LogP contribution in [0.2, 0.25) is 0 Å². The van der Waals surface area contributed by atoms with E-state index in [1.165, 1.54) is 0 Å². The molecule has 0 unspecified atom stereocenters. The minimum Gasteiger partial charge on any atom is -0.334 e. The largest absolute Gasteiger partial charge is 0.334 e. The molecule has 5 nitrogen and oxygen atoms in total. The zero-order valence-electron chi connectivity index (χ0n) is 8.27. The molecule has 78 valence electrons. The van der Waals surface area contributed by atoms with Crippen LogP contribution in [0, 0.1) is 0 Å². The molecule has 0 aromatic carbocycles. The third-order valence-corrected chi connectivity index (χ3v) is 2.58. The molecule has 1 aromatic heterocycles. The Morgan fingerprint density at radius 2 is 2.00 bits per heavy atom. The summed E-state index contributed by atoms with van der Waals surface area (Å²) in [7, 11) is 0. The first-order chi connectivity index (χ1) is 6.61. The number of hydrogen-bond acceptors (Lipinski definition) is 5. The van der Waals surface area contributed by atoms with Crippen molar-refractivity contribution in [3.8, 4) is 0 Å². The van der Waals surface area contributed by atoms with Crippen LogP contribution in [0.1, 0.15) is 38.3 Å². The van der Waals surface area contributed by atoms with Gasteiger partial charge in [-0.15, -0.1) is 22.8 Å². The van der Waals surface area contributed by atoms with E-state index in [2.05, 4.69) is 22.8 Å². The van der Waals surface area contributed by atoms with E-state index in [1.807, 2.05) is 13.8 Å². The van der Waals surface area contributed by atoms with Gasteiger partial charge in [0.2, 0.25) is 5.16 Å². The number of nitrogens with two attached hydrogens (primary N) is 1. The summed E-state index contributed by atoms with van der Waals surface area (Å²) >= 11 is 3.91. The molecule has 0 atom stereocenters. The highest BCUT2D eigenvalue weighted by Gasteiger charge is 2.15. The van der Waals surface area contributed by atoms with Crippen LogP contribution in [-0.4, -0.2) is 14.9 Å². The minimum absolute atomic E-state index is 0.124. The van der Waals surface area contributed by atoms with Crippen LogP contribution < -0.4 is 11.4 Å². The van der Waals surface area contributed by atoms with Crippen molar-refractivity contribution in [3.05, 3.63) is 16.0 Å². The molecule has 0 aliphatic rings. The summed E-state index contributed by atoms with van der Waals surface area (Å²) in [5.74, 6) is 5.58. The molecule has 0 bridgehead atoms. The predicted molar refractivity (Wildman–Crippen MR) is 57.0 cm³/mol. The molecule has 0 aliphatic heterocycles. The quantitative estimate of drug-likeness (QED) is 0.569. The second kappa shape index (κ2) is 4.45. The molecule has 0 saturated heterocycles. The van der Waals surface area contributed by atoms with E-state index < -0.39 is 0 Å². The maximum Gasteiger partial charge on any atom is 0.294 e. The van der Waals surface area contributed by atoms with E-state index in [1.54, 1.807) is 0 Å². The summed E-state index contributed by atoms with van der Waals surface area (Å²) in [6, 6.07) is 0. The molecule has 14 heavy (non-hydrogen) atoms. The van der Waals surface area contributed by atoms with Crippen molar-refractivity contribution in [2.75, 3.05) is 5.84 Å². The summed E-state index contributed by atoms with van der Waals surface area (Å²) in [5, 5.41) is 7.68. The van der Waals surface area contributed by atoms with E-state index in [0.29, 0.717) is 5.69 Å². The molecule has 0 fully saturated rings. The summed E-state index contributed by atoms with van der Waals surface area (Å²) in [4.78, 5) is 11.6. The van der Waals surface area contributed by atoms with Crippen molar-refractivity contribution in [2.45, 2.75) is 37.8 Å². The van der Waals surface area contributed by atoms with Crippen molar-refractivity contribution in [1.82, 2.24) is 14.9 Å². The van der Waals surface area contributed by atoms with E-state index >= 15 is 0 Å². The summed E-state index contributed by atoms with van der Waals surface area (Å²) in [5.41, 5.74) is 0.119. The molecule has 6 heteroatoms. The van der Waals surface area contributed by atoms with Crippen molar-refractivity contribution in [3.63, 3.8) is 0 Å². The molecule has 1 heterocycles. The zero-order valence-corrected chi connectivity index (χ0v) is 9.16. The van der Waals surface area contributed by atoms with Crippen LogP contribution in [0.4, 0.5) is 0 Å². The summed E-state index contributed by atoms with van der Waals surface area (Å²) in [6.45, 7) is 4.01. The van der Waals surface area contributed by atoms with Crippen LogP contribution in [0.25, 0.3) is 0 Å². The Morgan fingerprint density at radius 3 is 2.50 bits per heavy atom. The maximum atomic E-state index is 11.6. The Kier molecular flexibility index (Phi) is 3.51. The highest BCUT2D eigenvalue weighted by atomic mass is 32.1. The molecule has 0 radical (unpaired) electrons. The average Bonchev–Trinajstić information content (AvgIpc) is 2.19. The molecule has 0 aliphatic carbocycles. The summed E-state index contributed by atoms with van der Waals surface area (Å²) in [6.07, 6.45) is 1.71. The number of nitrogens with zero attached hydrogens (tertiary/aromatic N) is 3. The van der Waals surface area contributed by atoms with Crippen LogP contribution in [0.5, 0.6) is 0 Å².